The van der Waals surface area contributed by atoms with Crippen LogP contribution in [0.1, 0.15) is 18.1 Å². The topological polar surface area (TPSA) is 29.3 Å². The lowest BCUT2D eigenvalue weighted by atomic mass is 10.1. The molecule has 0 aliphatic carbocycles. The first kappa shape index (κ1) is 15.5. The summed E-state index contributed by atoms with van der Waals surface area (Å²) in [5.74, 6) is -0.194. The molecule has 1 atom stereocenters. The number of nitrogens with zero attached hydrogens (tertiary/aromatic N) is 1. The lowest BCUT2D eigenvalue weighted by Crippen LogP contribution is -2.19. The maximum absolute atomic E-state index is 14.2. The van der Waals surface area contributed by atoms with Crippen molar-refractivity contribution in [3.05, 3.63) is 50.4 Å². The normalized spacial score (nSPS) is 12.4. The zero-order valence-corrected chi connectivity index (χ0v) is 14.0. The average Bonchev–Trinajstić information content (AvgIpc) is 2.73. The summed E-state index contributed by atoms with van der Waals surface area (Å²) in [5, 5.41) is 2.07. The second-order valence-electron chi connectivity index (χ2n) is 5.08. The first-order valence-electron chi connectivity index (χ1n) is 6.43. The molecule has 0 amide bonds. The van der Waals surface area contributed by atoms with E-state index < -0.39 is 0 Å². The molecule has 0 aliphatic rings. The zero-order valence-electron chi connectivity index (χ0n) is 11.6. The minimum absolute atomic E-state index is 0.0427. The van der Waals surface area contributed by atoms with Crippen molar-refractivity contribution < 1.29 is 4.39 Å². The number of halogens is 2. The minimum Gasteiger partial charge on any atom is -0.368 e. The Kier molecular flexibility index (Phi) is 5.18. The van der Waals surface area contributed by atoms with Crippen LogP contribution in [0.4, 0.5) is 10.1 Å². The monoisotopic (exact) mass is 356 g/mol. The summed E-state index contributed by atoms with van der Waals surface area (Å²) in [7, 11) is 1.90. The number of anilines is 1. The van der Waals surface area contributed by atoms with Gasteiger partial charge in [0, 0.05) is 19.6 Å². The molecule has 0 fully saturated rings. The molecule has 0 radical (unpaired) electrons. The van der Waals surface area contributed by atoms with Crippen LogP contribution in [0, 0.1) is 5.82 Å². The Morgan fingerprint density at radius 1 is 1.35 bits per heavy atom. The third kappa shape index (κ3) is 4.04. The molecule has 1 aromatic heterocycles. The van der Waals surface area contributed by atoms with Crippen LogP contribution in [0.15, 0.2) is 33.4 Å². The van der Waals surface area contributed by atoms with E-state index in [0.29, 0.717) is 18.7 Å². The fourth-order valence-electron chi connectivity index (χ4n) is 2.15. The van der Waals surface area contributed by atoms with E-state index in [0.717, 1.165) is 9.35 Å². The maximum Gasteiger partial charge on any atom is 0.146 e. The molecule has 0 saturated carbocycles. The van der Waals surface area contributed by atoms with Gasteiger partial charge < -0.3 is 10.6 Å². The van der Waals surface area contributed by atoms with Crippen LogP contribution in [0.3, 0.4) is 0 Å². The van der Waals surface area contributed by atoms with Crippen LogP contribution in [0.5, 0.6) is 0 Å². The smallest absolute Gasteiger partial charge is 0.146 e. The highest BCUT2D eigenvalue weighted by Gasteiger charge is 2.10. The molecule has 20 heavy (non-hydrogen) atoms. The van der Waals surface area contributed by atoms with E-state index in [1.165, 1.54) is 5.56 Å². The molecule has 2 N–H and O–H groups in total. The molecular formula is C15H18BrFN2S. The standard InChI is InChI=1S/C15H18BrFN2S/c1-10(18)5-11-3-4-14(13(17)6-11)19(2)8-12-7-15(16)20-9-12/h3-4,6-7,9-10H,5,8,18H2,1-2H3. The predicted molar refractivity (Wildman–Crippen MR) is 87.9 cm³/mol. The van der Waals surface area contributed by atoms with Crippen molar-refractivity contribution in [2.24, 2.45) is 5.73 Å². The summed E-state index contributed by atoms with van der Waals surface area (Å²) in [5.41, 5.74) is 8.46. The lowest BCUT2D eigenvalue weighted by Gasteiger charge is -2.20. The van der Waals surface area contributed by atoms with E-state index in [9.17, 15) is 4.39 Å². The first-order chi connectivity index (χ1) is 9.45. The summed E-state index contributed by atoms with van der Waals surface area (Å²) in [6.07, 6.45) is 0.693. The molecule has 108 valence electrons. The van der Waals surface area contributed by atoms with Gasteiger partial charge in [-0.2, -0.15) is 0 Å². The summed E-state index contributed by atoms with van der Waals surface area (Å²) in [6, 6.07) is 7.46. The molecule has 1 unspecified atom stereocenters. The third-order valence-corrected chi connectivity index (χ3v) is 4.58. The quantitative estimate of drug-likeness (QED) is 0.870. The molecule has 1 aromatic carbocycles. The van der Waals surface area contributed by atoms with Crippen LogP contribution >= 0.6 is 27.3 Å². The van der Waals surface area contributed by atoms with Gasteiger partial charge in [-0.05, 0) is 64.0 Å². The van der Waals surface area contributed by atoms with Gasteiger partial charge in [-0.1, -0.05) is 6.07 Å². The van der Waals surface area contributed by atoms with Gasteiger partial charge in [0.2, 0.25) is 0 Å². The van der Waals surface area contributed by atoms with Crippen LogP contribution in [-0.4, -0.2) is 13.1 Å². The highest BCUT2D eigenvalue weighted by Crippen LogP contribution is 2.25. The lowest BCUT2D eigenvalue weighted by molar-refractivity contribution is 0.617. The van der Waals surface area contributed by atoms with Gasteiger partial charge in [-0.25, -0.2) is 4.39 Å². The Labute approximate surface area is 131 Å². The molecule has 2 aromatic rings. The maximum atomic E-state index is 14.2. The van der Waals surface area contributed by atoms with E-state index in [1.807, 2.05) is 31.0 Å². The van der Waals surface area contributed by atoms with E-state index in [4.69, 9.17) is 5.73 Å². The first-order valence-corrected chi connectivity index (χ1v) is 8.11. The van der Waals surface area contributed by atoms with Crippen molar-refractivity contribution in [2.45, 2.75) is 25.9 Å². The number of hydrogen-bond donors (Lipinski definition) is 1. The number of benzene rings is 1. The van der Waals surface area contributed by atoms with Crippen molar-refractivity contribution in [3.63, 3.8) is 0 Å². The minimum atomic E-state index is -0.194. The molecular weight excluding hydrogens is 339 g/mol. The van der Waals surface area contributed by atoms with E-state index in [1.54, 1.807) is 17.4 Å². The van der Waals surface area contributed by atoms with Crippen LogP contribution in [0.25, 0.3) is 0 Å². The van der Waals surface area contributed by atoms with Gasteiger partial charge in [0.25, 0.3) is 0 Å². The number of hydrogen-bond acceptors (Lipinski definition) is 3. The Hall–Kier alpha value is -0.910. The van der Waals surface area contributed by atoms with E-state index >= 15 is 0 Å². The molecule has 0 saturated heterocycles. The summed E-state index contributed by atoms with van der Waals surface area (Å²) >= 11 is 5.08. The molecule has 0 spiro atoms. The highest BCUT2D eigenvalue weighted by molar-refractivity contribution is 9.11. The van der Waals surface area contributed by atoms with Gasteiger partial charge in [0.1, 0.15) is 5.82 Å². The van der Waals surface area contributed by atoms with Gasteiger partial charge in [-0.3, -0.25) is 0 Å². The molecule has 0 aliphatic heterocycles. The number of thiophene rings is 1. The van der Waals surface area contributed by atoms with Gasteiger partial charge in [-0.15, -0.1) is 11.3 Å². The van der Waals surface area contributed by atoms with E-state index in [2.05, 4.69) is 27.4 Å². The Morgan fingerprint density at radius 2 is 2.10 bits per heavy atom. The van der Waals surface area contributed by atoms with Crippen molar-refractivity contribution in [1.29, 1.82) is 0 Å². The number of rotatable bonds is 5. The molecule has 0 bridgehead atoms. The number of nitrogens with two attached hydrogens (primary N) is 1. The second-order valence-corrected chi connectivity index (χ2v) is 7.37. The van der Waals surface area contributed by atoms with Crippen LogP contribution in [-0.2, 0) is 13.0 Å². The van der Waals surface area contributed by atoms with Crippen molar-refractivity contribution in [2.75, 3.05) is 11.9 Å². The average molecular weight is 357 g/mol. The summed E-state index contributed by atoms with van der Waals surface area (Å²) < 4.78 is 15.3. The van der Waals surface area contributed by atoms with Gasteiger partial charge >= 0.3 is 0 Å². The van der Waals surface area contributed by atoms with Gasteiger partial charge in [0.05, 0.1) is 9.47 Å². The van der Waals surface area contributed by atoms with Crippen LogP contribution < -0.4 is 10.6 Å². The van der Waals surface area contributed by atoms with Crippen LogP contribution in [0.2, 0.25) is 0 Å². The zero-order chi connectivity index (χ0) is 14.7. The van der Waals surface area contributed by atoms with Crippen molar-refractivity contribution >= 4 is 33.0 Å². The SMILES string of the molecule is CC(N)Cc1ccc(N(C)Cc2csc(Br)c2)c(F)c1. The fourth-order valence-corrected chi connectivity index (χ4v) is 3.35. The largest absolute Gasteiger partial charge is 0.368 e. The Morgan fingerprint density at radius 3 is 2.65 bits per heavy atom. The molecule has 2 rings (SSSR count). The van der Waals surface area contributed by atoms with Crippen molar-refractivity contribution in [3.8, 4) is 0 Å². The predicted octanol–water partition coefficient (Wildman–Crippen LogP) is 4.18. The molecule has 2 nitrogen and oxygen atoms in total. The Balaban J connectivity index is 2.11. The van der Waals surface area contributed by atoms with Crippen molar-refractivity contribution in [1.82, 2.24) is 0 Å². The molecule has 5 heteroatoms. The molecule has 1 heterocycles. The fraction of sp³-hybridized carbons (Fsp3) is 0.333. The summed E-state index contributed by atoms with van der Waals surface area (Å²) in [6.45, 7) is 2.61. The highest BCUT2D eigenvalue weighted by atomic mass is 79.9. The Bertz CT molecular complexity index is 583. The second kappa shape index (κ2) is 6.70. The third-order valence-electron chi connectivity index (χ3n) is 3.02. The van der Waals surface area contributed by atoms with E-state index in [-0.39, 0.29) is 11.9 Å². The van der Waals surface area contributed by atoms with Gasteiger partial charge in [0.15, 0.2) is 0 Å². The summed E-state index contributed by atoms with van der Waals surface area (Å²) in [4.78, 5) is 1.92.